The SMILES string of the molecule is OCC1(c2cc(Br)cnc2Cl)CC1. The summed E-state index contributed by atoms with van der Waals surface area (Å²) < 4.78 is 0.909. The molecule has 1 heterocycles. The minimum Gasteiger partial charge on any atom is -0.395 e. The molecule has 1 aromatic rings. The summed E-state index contributed by atoms with van der Waals surface area (Å²) in [4.78, 5) is 4.04. The van der Waals surface area contributed by atoms with Crippen LogP contribution in [0.3, 0.4) is 0 Å². The van der Waals surface area contributed by atoms with Gasteiger partial charge in [0, 0.05) is 16.1 Å². The first-order chi connectivity index (χ1) is 6.18. The highest BCUT2D eigenvalue weighted by atomic mass is 79.9. The van der Waals surface area contributed by atoms with E-state index in [1.807, 2.05) is 6.07 Å². The van der Waals surface area contributed by atoms with Gasteiger partial charge in [-0.05, 0) is 40.4 Å². The Kier molecular flexibility index (Phi) is 2.34. The largest absolute Gasteiger partial charge is 0.395 e. The minimum absolute atomic E-state index is 0.103. The number of aliphatic hydroxyl groups is 1. The van der Waals surface area contributed by atoms with Crippen molar-refractivity contribution in [1.82, 2.24) is 4.98 Å². The van der Waals surface area contributed by atoms with Crippen molar-refractivity contribution in [3.8, 4) is 0 Å². The summed E-state index contributed by atoms with van der Waals surface area (Å²) >= 11 is 9.30. The smallest absolute Gasteiger partial charge is 0.132 e. The van der Waals surface area contributed by atoms with Gasteiger partial charge >= 0.3 is 0 Å². The molecule has 0 unspecified atom stereocenters. The van der Waals surface area contributed by atoms with Crippen LogP contribution in [0.1, 0.15) is 18.4 Å². The lowest BCUT2D eigenvalue weighted by molar-refractivity contribution is 0.255. The van der Waals surface area contributed by atoms with Crippen molar-refractivity contribution in [1.29, 1.82) is 0 Å². The summed E-state index contributed by atoms with van der Waals surface area (Å²) in [5.41, 5.74) is 0.861. The summed E-state index contributed by atoms with van der Waals surface area (Å²) in [7, 11) is 0. The Bertz CT molecular complexity index is 338. The van der Waals surface area contributed by atoms with Crippen LogP contribution in [-0.2, 0) is 5.41 Å². The molecule has 1 saturated carbocycles. The maximum absolute atomic E-state index is 9.22. The third-order valence-corrected chi connectivity index (χ3v) is 3.27. The second kappa shape index (κ2) is 3.23. The van der Waals surface area contributed by atoms with E-state index in [4.69, 9.17) is 11.6 Å². The van der Waals surface area contributed by atoms with Crippen LogP contribution in [0.5, 0.6) is 0 Å². The van der Waals surface area contributed by atoms with E-state index < -0.39 is 0 Å². The van der Waals surface area contributed by atoms with Crippen LogP contribution in [0.4, 0.5) is 0 Å². The van der Waals surface area contributed by atoms with E-state index in [9.17, 15) is 5.11 Å². The molecule has 0 spiro atoms. The zero-order valence-electron chi connectivity index (χ0n) is 6.93. The van der Waals surface area contributed by atoms with Crippen molar-refractivity contribution in [2.45, 2.75) is 18.3 Å². The van der Waals surface area contributed by atoms with Gasteiger partial charge in [0.2, 0.25) is 0 Å². The first kappa shape index (κ1) is 9.44. The van der Waals surface area contributed by atoms with E-state index in [2.05, 4.69) is 20.9 Å². The van der Waals surface area contributed by atoms with E-state index in [1.54, 1.807) is 6.20 Å². The molecule has 1 aromatic heterocycles. The average molecular weight is 263 g/mol. The van der Waals surface area contributed by atoms with Gasteiger partial charge < -0.3 is 5.11 Å². The van der Waals surface area contributed by atoms with E-state index in [0.717, 1.165) is 22.9 Å². The maximum atomic E-state index is 9.22. The Morgan fingerprint density at radius 3 is 2.85 bits per heavy atom. The fraction of sp³-hybridized carbons (Fsp3) is 0.444. The second-order valence-electron chi connectivity index (χ2n) is 3.43. The van der Waals surface area contributed by atoms with Crippen molar-refractivity contribution >= 4 is 27.5 Å². The first-order valence-corrected chi connectivity index (χ1v) is 5.27. The van der Waals surface area contributed by atoms with Crippen LogP contribution >= 0.6 is 27.5 Å². The third-order valence-electron chi connectivity index (χ3n) is 2.53. The molecular formula is C9H9BrClNO. The van der Waals surface area contributed by atoms with Crippen molar-refractivity contribution < 1.29 is 5.11 Å². The summed E-state index contributed by atoms with van der Waals surface area (Å²) in [5.74, 6) is 0. The monoisotopic (exact) mass is 261 g/mol. The predicted octanol–water partition coefficient (Wildman–Crippen LogP) is 2.52. The molecule has 0 aliphatic heterocycles. The topological polar surface area (TPSA) is 33.1 Å². The molecular weight excluding hydrogens is 253 g/mol. The van der Waals surface area contributed by atoms with Crippen LogP contribution in [-0.4, -0.2) is 16.7 Å². The molecule has 1 N–H and O–H groups in total. The lowest BCUT2D eigenvalue weighted by Gasteiger charge is -2.13. The summed E-state index contributed by atoms with van der Waals surface area (Å²) in [6.07, 6.45) is 3.67. The lowest BCUT2D eigenvalue weighted by atomic mass is 9.99. The normalized spacial score (nSPS) is 18.7. The highest BCUT2D eigenvalue weighted by Crippen LogP contribution is 2.49. The van der Waals surface area contributed by atoms with Gasteiger partial charge in [0.15, 0.2) is 0 Å². The Balaban J connectivity index is 2.44. The predicted molar refractivity (Wildman–Crippen MR) is 54.9 cm³/mol. The molecule has 0 radical (unpaired) electrons. The number of nitrogens with zero attached hydrogens (tertiary/aromatic N) is 1. The summed E-state index contributed by atoms with van der Waals surface area (Å²) in [6.45, 7) is 0.158. The molecule has 0 saturated heterocycles. The number of aliphatic hydroxyl groups excluding tert-OH is 1. The van der Waals surface area contributed by atoms with Crippen LogP contribution in [0.15, 0.2) is 16.7 Å². The van der Waals surface area contributed by atoms with E-state index in [0.29, 0.717) is 5.15 Å². The van der Waals surface area contributed by atoms with E-state index >= 15 is 0 Å². The zero-order chi connectivity index (χ0) is 9.47. The molecule has 2 rings (SSSR count). The number of hydrogen-bond donors (Lipinski definition) is 1. The van der Waals surface area contributed by atoms with Gasteiger partial charge in [-0.1, -0.05) is 11.6 Å². The van der Waals surface area contributed by atoms with E-state index in [1.165, 1.54) is 0 Å². The van der Waals surface area contributed by atoms with Crippen molar-refractivity contribution in [3.63, 3.8) is 0 Å². The van der Waals surface area contributed by atoms with Crippen LogP contribution < -0.4 is 0 Å². The second-order valence-corrected chi connectivity index (χ2v) is 4.70. The molecule has 4 heteroatoms. The fourth-order valence-electron chi connectivity index (χ4n) is 1.46. The molecule has 70 valence electrons. The Morgan fingerprint density at radius 2 is 2.31 bits per heavy atom. The third kappa shape index (κ3) is 1.60. The van der Waals surface area contributed by atoms with Crippen molar-refractivity contribution in [2.75, 3.05) is 6.61 Å². The van der Waals surface area contributed by atoms with Gasteiger partial charge in [0.25, 0.3) is 0 Å². The van der Waals surface area contributed by atoms with Gasteiger partial charge in [0.1, 0.15) is 5.15 Å². The Labute approximate surface area is 90.1 Å². The van der Waals surface area contributed by atoms with Gasteiger partial charge in [-0.2, -0.15) is 0 Å². The molecule has 13 heavy (non-hydrogen) atoms. The molecule has 2 nitrogen and oxygen atoms in total. The average Bonchev–Trinajstić information content (AvgIpc) is 2.90. The Hall–Kier alpha value is -0.120. The molecule has 0 amide bonds. The summed E-state index contributed by atoms with van der Waals surface area (Å²) in [6, 6.07) is 1.94. The standard InChI is InChI=1S/C9H9BrClNO/c10-6-3-7(8(11)12-4-6)9(5-13)1-2-9/h3-4,13H,1-2,5H2. The zero-order valence-corrected chi connectivity index (χ0v) is 9.27. The van der Waals surface area contributed by atoms with Crippen molar-refractivity contribution in [3.05, 3.63) is 27.5 Å². The van der Waals surface area contributed by atoms with Crippen molar-refractivity contribution in [2.24, 2.45) is 0 Å². The maximum Gasteiger partial charge on any atom is 0.132 e. The minimum atomic E-state index is -0.103. The first-order valence-electron chi connectivity index (χ1n) is 4.10. The highest BCUT2D eigenvalue weighted by molar-refractivity contribution is 9.10. The number of rotatable bonds is 2. The molecule has 0 aromatic carbocycles. The molecule has 0 bridgehead atoms. The van der Waals surface area contributed by atoms with Crippen LogP contribution in [0, 0.1) is 0 Å². The van der Waals surface area contributed by atoms with Crippen LogP contribution in [0.2, 0.25) is 5.15 Å². The van der Waals surface area contributed by atoms with E-state index in [-0.39, 0.29) is 12.0 Å². The lowest BCUT2D eigenvalue weighted by Crippen LogP contribution is -2.13. The number of aromatic nitrogens is 1. The number of hydrogen-bond acceptors (Lipinski definition) is 2. The van der Waals surface area contributed by atoms with Gasteiger partial charge in [-0.25, -0.2) is 4.98 Å². The molecule has 0 atom stereocenters. The van der Waals surface area contributed by atoms with Gasteiger partial charge in [-0.3, -0.25) is 0 Å². The highest BCUT2D eigenvalue weighted by Gasteiger charge is 2.45. The quantitative estimate of drug-likeness (QED) is 0.831. The molecule has 1 fully saturated rings. The molecule has 1 aliphatic carbocycles. The fourth-order valence-corrected chi connectivity index (χ4v) is 2.09. The summed E-state index contributed by atoms with van der Waals surface area (Å²) in [5, 5.41) is 9.73. The Morgan fingerprint density at radius 1 is 1.62 bits per heavy atom. The number of halogens is 2. The van der Waals surface area contributed by atoms with Gasteiger partial charge in [-0.15, -0.1) is 0 Å². The molecule has 1 aliphatic rings. The van der Waals surface area contributed by atoms with Crippen LogP contribution in [0.25, 0.3) is 0 Å². The number of pyridine rings is 1. The van der Waals surface area contributed by atoms with Gasteiger partial charge in [0.05, 0.1) is 6.61 Å².